The van der Waals surface area contributed by atoms with Crippen molar-refractivity contribution >= 4 is 11.6 Å². The van der Waals surface area contributed by atoms with E-state index in [1.807, 2.05) is 6.07 Å². The lowest BCUT2D eigenvalue weighted by Crippen LogP contribution is -2.25. The molecule has 156 valence electrons. The lowest BCUT2D eigenvalue weighted by atomic mass is 10.1. The van der Waals surface area contributed by atoms with E-state index >= 15 is 0 Å². The SMILES string of the molecule is N#Cc1cccc(NC(=O)c2cncc(CN(Cc3ccc(F)c(F)c3)C3CC3)c2)c1. The number of nitriles is 1. The van der Waals surface area contributed by atoms with Gasteiger partial charge in [0.15, 0.2) is 11.6 Å². The lowest BCUT2D eigenvalue weighted by Gasteiger charge is -2.22. The Morgan fingerprint density at radius 3 is 2.61 bits per heavy atom. The fraction of sp³-hybridized carbons (Fsp3) is 0.208. The highest BCUT2D eigenvalue weighted by Gasteiger charge is 2.29. The molecule has 0 aliphatic heterocycles. The summed E-state index contributed by atoms with van der Waals surface area (Å²) in [6, 6.07) is 14.8. The van der Waals surface area contributed by atoms with Gasteiger partial charge in [-0.3, -0.25) is 14.7 Å². The first-order valence-electron chi connectivity index (χ1n) is 9.95. The number of nitrogens with one attached hydrogen (secondary N) is 1. The average Bonchev–Trinajstić information content (AvgIpc) is 3.62. The summed E-state index contributed by atoms with van der Waals surface area (Å²) in [5, 5.41) is 11.8. The second-order valence-electron chi connectivity index (χ2n) is 7.61. The van der Waals surface area contributed by atoms with E-state index in [2.05, 4.69) is 15.2 Å². The number of benzene rings is 2. The van der Waals surface area contributed by atoms with E-state index < -0.39 is 11.6 Å². The van der Waals surface area contributed by atoms with Crippen LogP contribution in [0, 0.1) is 23.0 Å². The summed E-state index contributed by atoms with van der Waals surface area (Å²) in [6.07, 6.45) is 5.29. The van der Waals surface area contributed by atoms with Crippen LogP contribution in [0.15, 0.2) is 60.9 Å². The summed E-state index contributed by atoms with van der Waals surface area (Å²) < 4.78 is 26.8. The minimum atomic E-state index is -0.857. The summed E-state index contributed by atoms with van der Waals surface area (Å²) in [5.74, 6) is -2.03. The molecule has 0 atom stereocenters. The van der Waals surface area contributed by atoms with Gasteiger partial charge < -0.3 is 5.32 Å². The first-order chi connectivity index (χ1) is 15.0. The van der Waals surface area contributed by atoms with E-state index in [4.69, 9.17) is 5.26 Å². The molecule has 1 amide bonds. The standard InChI is InChI=1S/C24H20F2N4O/c25-22-7-4-17(10-23(22)26)14-30(21-5-6-21)15-18-8-19(13-28-12-18)24(31)29-20-3-1-2-16(9-20)11-27/h1-4,7-10,12-13,21H,5-6,14-15H2,(H,29,31). The highest BCUT2D eigenvalue weighted by Crippen LogP contribution is 2.30. The molecule has 1 saturated carbocycles. The van der Waals surface area contributed by atoms with Gasteiger partial charge in [-0.1, -0.05) is 12.1 Å². The minimum Gasteiger partial charge on any atom is -0.322 e. The van der Waals surface area contributed by atoms with E-state index in [0.717, 1.165) is 24.5 Å². The molecule has 1 aliphatic carbocycles. The fourth-order valence-electron chi connectivity index (χ4n) is 3.43. The Hall–Kier alpha value is -3.63. The molecule has 1 N–H and O–H groups in total. The summed E-state index contributed by atoms with van der Waals surface area (Å²) in [7, 11) is 0. The van der Waals surface area contributed by atoms with Crippen molar-refractivity contribution in [3.05, 3.63) is 94.8 Å². The zero-order valence-corrected chi connectivity index (χ0v) is 16.7. The van der Waals surface area contributed by atoms with Crippen molar-refractivity contribution in [1.82, 2.24) is 9.88 Å². The van der Waals surface area contributed by atoms with Crippen LogP contribution in [-0.4, -0.2) is 21.8 Å². The minimum absolute atomic E-state index is 0.317. The van der Waals surface area contributed by atoms with Crippen molar-refractivity contribution in [2.75, 3.05) is 5.32 Å². The van der Waals surface area contributed by atoms with Gasteiger partial charge in [0.1, 0.15) is 0 Å². The summed E-state index contributed by atoms with van der Waals surface area (Å²) in [6.45, 7) is 1.03. The summed E-state index contributed by atoms with van der Waals surface area (Å²) in [5.41, 5.74) is 2.95. The molecule has 5 nitrogen and oxygen atoms in total. The number of nitrogens with zero attached hydrogens (tertiary/aromatic N) is 3. The van der Waals surface area contributed by atoms with Crippen LogP contribution < -0.4 is 5.32 Å². The van der Waals surface area contributed by atoms with E-state index in [1.165, 1.54) is 12.3 Å². The zero-order chi connectivity index (χ0) is 21.8. The number of rotatable bonds is 7. The van der Waals surface area contributed by atoms with Crippen LogP contribution in [-0.2, 0) is 13.1 Å². The predicted molar refractivity (Wildman–Crippen MR) is 112 cm³/mol. The number of amides is 1. The van der Waals surface area contributed by atoms with Crippen molar-refractivity contribution in [3.8, 4) is 6.07 Å². The Bertz CT molecular complexity index is 1150. The van der Waals surface area contributed by atoms with Crippen LogP contribution in [0.3, 0.4) is 0 Å². The number of hydrogen-bond acceptors (Lipinski definition) is 4. The van der Waals surface area contributed by atoms with Crippen LogP contribution in [0.1, 0.15) is 39.9 Å². The topological polar surface area (TPSA) is 69.0 Å². The number of pyridine rings is 1. The maximum Gasteiger partial charge on any atom is 0.257 e. The van der Waals surface area contributed by atoms with Gasteiger partial charge in [0, 0.05) is 37.2 Å². The molecule has 1 fully saturated rings. The molecule has 0 saturated heterocycles. The molecule has 0 unspecified atom stereocenters. The highest BCUT2D eigenvalue weighted by molar-refractivity contribution is 6.04. The average molecular weight is 418 g/mol. The molecule has 0 bridgehead atoms. The summed E-state index contributed by atoms with van der Waals surface area (Å²) in [4.78, 5) is 19.0. The Morgan fingerprint density at radius 2 is 1.87 bits per heavy atom. The van der Waals surface area contributed by atoms with E-state index in [0.29, 0.717) is 41.5 Å². The van der Waals surface area contributed by atoms with Crippen molar-refractivity contribution in [2.45, 2.75) is 32.0 Å². The first-order valence-corrected chi connectivity index (χ1v) is 9.95. The normalized spacial score (nSPS) is 13.1. The molecule has 0 radical (unpaired) electrons. The van der Waals surface area contributed by atoms with Gasteiger partial charge in [-0.25, -0.2) is 8.78 Å². The third-order valence-electron chi connectivity index (χ3n) is 5.13. The molecule has 1 aromatic heterocycles. The predicted octanol–water partition coefficient (Wildman–Crippen LogP) is 4.65. The molecule has 4 rings (SSSR count). The van der Waals surface area contributed by atoms with Crippen molar-refractivity contribution in [1.29, 1.82) is 5.26 Å². The molecule has 31 heavy (non-hydrogen) atoms. The van der Waals surface area contributed by atoms with Crippen molar-refractivity contribution in [3.63, 3.8) is 0 Å². The van der Waals surface area contributed by atoms with Crippen LogP contribution in [0.4, 0.5) is 14.5 Å². The maximum absolute atomic E-state index is 13.6. The second-order valence-corrected chi connectivity index (χ2v) is 7.61. The zero-order valence-electron chi connectivity index (χ0n) is 16.7. The Morgan fingerprint density at radius 1 is 1.06 bits per heavy atom. The molecule has 3 aromatic rings. The van der Waals surface area contributed by atoms with Crippen LogP contribution >= 0.6 is 0 Å². The molecule has 1 heterocycles. The van der Waals surface area contributed by atoms with Gasteiger partial charge in [-0.2, -0.15) is 5.26 Å². The first kappa shape index (κ1) is 20.6. The molecule has 0 spiro atoms. The summed E-state index contributed by atoms with van der Waals surface area (Å²) >= 11 is 0. The second kappa shape index (κ2) is 9.02. The van der Waals surface area contributed by atoms with Crippen molar-refractivity contribution in [2.24, 2.45) is 0 Å². The van der Waals surface area contributed by atoms with Crippen LogP contribution in [0.25, 0.3) is 0 Å². The van der Waals surface area contributed by atoms with Gasteiger partial charge in [0.25, 0.3) is 5.91 Å². The van der Waals surface area contributed by atoms with Gasteiger partial charge in [0.2, 0.25) is 0 Å². The van der Waals surface area contributed by atoms with Gasteiger partial charge in [-0.15, -0.1) is 0 Å². The Labute approximate surface area is 179 Å². The smallest absolute Gasteiger partial charge is 0.257 e. The molecule has 1 aliphatic rings. The molecule has 7 heteroatoms. The van der Waals surface area contributed by atoms with E-state index in [1.54, 1.807) is 42.6 Å². The number of carbonyl (C=O) groups is 1. The number of hydrogen-bond donors (Lipinski definition) is 1. The van der Waals surface area contributed by atoms with E-state index in [-0.39, 0.29) is 5.91 Å². The monoisotopic (exact) mass is 418 g/mol. The largest absolute Gasteiger partial charge is 0.322 e. The lowest BCUT2D eigenvalue weighted by molar-refractivity contribution is 0.102. The van der Waals surface area contributed by atoms with Gasteiger partial charge in [-0.05, 0) is 60.4 Å². The Balaban J connectivity index is 1.46. The molecular weight excluding hydrogens is 398 g/mol. The quantitative estimate of drug-likeness (QED) is 0.607. The number of halogens is 2. The maximum atomic E-state index is 13.6. The van der Waals surface area contributed by atoms with Gasteiger partial charge in [0.05, 0.1) is 17.2 Å². The van der Waals surface area contributed by atoms with Gasteiger partial charge >= 0.3 is 0 Å². The van der Waals surface area contributed by atoms with Crippen LogP contribution in [0.5, 0.6) is 0 Å². The third-order valence-corrected chi connectivity index (χ3v) is 5.13. The molecular formula is C24H20F2N4O. The number of anilines is 1. The highest BCUT2D eigenvalue weighted by atomic mass is 19.2. The van der Waals surface area contributed by atoms with E-state index in [9.17, 15) is 13.6 Å². The van der Waals surface area contributed by atoms with Crippen molar-refractivity contribution < 1.29 is 13.6 Å². The fourth-order valence-corrected chi connectivity index (χ4v) is 3.43. The number of carbonyl (C=O) groups excluding carboxylic acids is 1. The molecule has 2 aromatic carbocycles. The van der Waals surface area contributed by atoms with Crippen LogP contribution in [0.2, 0.25) is 0 Å². The number of aromatic nitrogens is 1. The third kappa shape index (κ3) is 5.30. The Kier molecular flexibility index (Phi) is 6.01.